The molecule has 0 aliphatic carbocycles. The standard InChI is InChI=1S/C11H13N7O/c1-8-4-2-3-5-9(8)6-13-14-10(19)7-18-11(12)15-16-17-18/h2-6H,7H2,1H3,(H,14,19)(H2,12,15,17)/b13-6-. The fourth-order valence-electron chi connectivity index (χ4n) is 1.40. The van der Waals surface area contributed by atoms with Gasteiger partial charge < -0.3 is 5.73 Å². The first-order chi connectivity index (χ1) is 9.16. The number of hydrogen-bond acceptors (Lipinski definition) is 6. The van der Waals surface area contributed by atoms with Gasteiger partial charge in [0, 0.05) is 0 Å². The van der Waals surface area contributed by atoms with Crippen LogP contribution in [0.15, 0.2) is 29.4 Å². The Balaban J connectivity index is 1.91. The molecule has 0 saturated heterocycles. The number of nitrogens with zero attached hydrogens (tertiary/aromatic N) is 5. The van der Waals surface area contributed by atoms with Crippen LogP contribution in [-0.2, 0) is 11.3 Å². The van der Waals surface area contributed by atoms with Gasteiger partial charge in [-0.1, -0.05) is 29.4 Å². The molecule has 0 bridgehead atoms. The molecule has 0 saturated carbocycles. The zero-order valence-electron chi connectivity index (χ0n) is 10.3. The van der Waals surface area contributed by atoms with E-state index in [1.807, 2.05) is 31.2 Å². The van der Waals surface area contributed by atoms with Crippen molar-refractivity contribution in [1.29, 1.82) is 0 Å². The highest BCUT2D eigenvalue weighted by Gasteiger charge is 2.06. The number of nitrogen functional groups attached to an aromatic ring is 1. The lowest BCUT2D eigenvalue weighted by Crippen LogP contribution is -2.24. The Bertz CT molecular complexity index is 605. The Labute approximate surface area is 109 Å². The SMILES string of the molecule is Cc1ccccc1/C=N\NC(=O)Cn1nnnc1N. The molecule has 0 radical (unpaired) electrons. The van der Waals surface area contributed by atoms with Crippen LogP contribution < -0.4 is 11.2 Å². The summed E-state index contributed by atoms with van der Waals surface area (Å²) in [6.07, 6.45) is 1.58. The van der Waals surface area contributed by atoms with Crippen LogP contribution in [-0.4, -0.2) is 32.3 Å². The number of aryl methyl sites for hydroxylation is 1. The smallest absolute Gasteiger partial charge is 0.261 e. The maximum Gasteiger partial charge on any atom is 0.261 e. The summed E-state index contributed by atoms with van der Waals surface area (Å²) in [5, 5.41) is 14.2. The number of carbonyl (C=O) groups excluding carboxylic acids is 1. The van der Waals surface area contributed by atoms with E-state index in [1.165, 1.54) is 4.68 Å². The Kier molecular flexibility index (Phi) is 3.81. The third-order valence-corrected chi connectivity index (χ3v) is 2.43. The normalized spacial score (nSPS) is 10.8. The second-order valence-corrected chi connectivity index (χ2v) is 3.84. The molecule has 8 nitrogen and oxygen atoms in total. The third kappa shape index (κ3) is 3.35. The Morgan fingerprint density at radius 2 is 2.32 bits per heavy atom. The average molecular weight is 259 g/mol. The van der Waals surface area contributed by atoms with Gasteiger partial charge in [0.05, 0.1) is 6.21 Å². The number of nitrogens with two attached hydrogens (primary N) is 1. The molecule has 1 aromatic heterocycles. The number of anilines is 1. The van der Waals surface area contributed by atoms with Crippen molar-refractivity contribution in [1.82, 2.24) is 25.6 Å². The summed E-state index contributed by atoms with van der Waals surface area (Å²) in [5.74, 6) is -0.276. The van der Waals surface area contributed by atoms with Gasteiger partial charge in [0.15, 0.2) is 0 Å². The molecule has 8 heteroatoms. The van der Waals surface area contributed by atoms with Crippen molar-refractivity contribution >= 4 is 18.1 Å². The molecule has 1 heterocycles. The van der Waals surface area contributed by atoms with Crippen molar-refractivity contribution < 1.29 is 4.79 Å². The zero-order chi connectivity index (χ0) is 13.7. The molecule has 3 N–H and O–H groups in total. The molecule has 0 aliphatic heterocycles. The van der Waals surface area contributed by atoms with Gasteiger partial charge in [0.2, 0.25) is 5.95 Å². The van der Waals surface area contributed by atoms with Crippen LogP contribution in [0.5, 0.6) is 0 Å². The summed E-state index contributed by atoms with van der Waals surface area (Å²) in [5.41, 5.74) is 9.83. The summed E-state index contributed by atoms with van der Waals surface area (Å²) in [6, 6.07) is 7.71. The second-order valence-electron chi connectivity index (χ2n) is 3.84. The van der Waals surface area contributed by atoms with Gasteiger partial charge in [-0.25, -0.2) is 10.1 Å². The largest absolute Gasteiger partial charge is 0.367 e. The molecular weight excluding hydrogens is 246 g/mol. The zero-order valence-corrected chi connectivity index (χ0v) is 10.3. The van der Waals surface area contributed by atoms with E-state index in [0.717, 1.165) is 11.1 Å². The van der Waals surface area contributed by atoms with Gasteiger partial charge in [-0.15, -0.1) is 0 Å². The molecule has 2 aromatic rings. The van der Waals surface area contributed by atoms with Gasteiger partial charge in [-0.3, -0.25) is 4.79 Å². The molecule has 19 heavy (non-hydrogen) atoms. The molecule has 1 amide bonds. The molecule has 0 spiro atoms. The predicted molar refractivity (Wildman–Crippen MR) is 69.1 cm³/mol. The van der Waals surface area contributed by atoms with Crippen molar-refractivity contribution in [2.45, 2.75) is 13.5 Å². The molecule has 0 atom stereocenters. The van der Waals surface area contributed by atoms with Crippen LogP contribution in [0, 0.1) is 6.92 Å². The van der Waals surface area contributed by atoms with E-state index in [4.69, 9.17) is 5.73 Å². The van der Waals surface area contributed by atoms with E-state index in [0.29, 0.717) is 0 Å². The van der Waals surface area contributed by atoms with Crippen LogP contribution in [0.25, 0.3) is 0 Å². The van der Waals surface area contributed by atoms with Crippen molar-refractivity contribution in [3.63, 3.8) is 0 Å². The lowest BCUT2D eigenvalue weighted by molar-refractivity contribution is -0.121. The Hall–Kier alpha value is -2.77. The second kappa shape index (κ2) is 5.71. The summed E-state index contributed by atoms with van der Waals surface area (Å²) in [4.78, 5) is 11.5. The number of tetrazole rings is 1. The number of carbonyl (C=O) groups is 1. The van der Waals surface area contributed by atoms with E-state index < -0.39 is 0 Å². The number of rotatable bonds is 4. The number of nitrogens with one attached hydrogen (secondary N) is 1. The van der Waals surface area contributed by atoms with Crippen LogP contribution >= 0.6 is 0 Å². The van der Waals surface area contributed by atoms with Gasteiger partial charge in [0.1, 0.15) is 6.54 Å². The summed E-state index contributed by atoms with van der Waals surface area (Å²) < 4.78 is 1.18. The lowest BCUT2D eigenvalue weighted by Gasteiger charge is -2.01. The highest BCUT2D eigenvalue weighted by Crippen LogP contribution is 2.03. The topological polar surface area (TPSA) is 111 Å². The maximum absolute atomic E-state index is 11.5. The molecule has 0 fully saturated rings. The quantitative estimate of drug-likeness (QED) is 0.579. The molecule has 0 unspecified atom stereocenters. The lowest BCUT2D eigenvalue weighted by atomic mass is 10.1. The average Bonchev–Trinajstić information content (AvgIpc) is 2.77. The van der Waals surface area contributed by atoms with Gasteiger partial charge in [-0.05, 0) is 28.5 Å². The molecule has 2 rings (SSSR count). The first kappa shape index (κ1) is 12.7. The van der Waals surface area contributed by atoms with E-state index in [9.17, 15) is 4.79 Å². The van der Waals surface area contributed by atoms with Gasteiger partial charge >= 0.3 is 0 Å². The molecular formula is C11H13N7O. The van der Waals surface area contributed by atoms with Crippen LogP contribution in [0.3, 0.4) is 0 Å². The summed E-state index contributed by atoms with van der Waals surface area (Å²) in [6.45, 7) is 1.88. The number of amides is 1. The number of aromatic nitrogens is 4. The highest BCUT2D eigenvalue weighted by molar-refractivity contribution is 5.83. The fraction of sp³-hybridized carbons (Fsp3) is 0.182. The van der Waals surface area contributed by atoms with Crippen molar-refractivity contribution in [2.75, 3.05) is 5.73 Å². The first-order valence-electron chi connectivity index (χ1n) is 5.56. The van der Waals surface area contributed by atoms with E-state index in [-0.39, 0.29) is 18.4 Å². The van der Waals surface area contributed by atoms with Gasteiger partial charge in [0.25, 0.3) is 5.91 Å². The Morgan fingerprint density at radius 1 is 1.53 bits per heavy atom. The maximum atomic E-state index is 11.5. The van der Waals surface area contributed by atoms with Crippen molar-refractivity contribution in [3.05, 3.63) is 35.4 Å². The predicted octanol–water partition coefficient (Wildman–Crippen LogP) is -0.286. The van der Waals surface area contributed by atoms with E-state index >= 15 is 0 Å². The minimum atomic E-state index is -0.358. The molecule has 1 aromatic carbocycles. The minimum Gasteiger partial charge on any atom is -0.367 e. The van der Waals surface area contributed by atoms with Gasteiger partial charge in [-0.2, -0.15) is 5.10 Å². The van der Waals surface area contributed by atoms with Crippen LogP contribution in [0.2, 0.25) is 0 Å². The van der Waals surface area contributed by atoms with Crippen molar-refractivity contribution in [3.8, 4) is 0 Å². The summed E-state index contributed by atoms with van der Waals surface area (Å²) in [7, 11) is 0. The Morgan fingerprint density at radius 3 is 3.00 bits per heavy atom. The third-order valence-electron chi connectivity index (χ3n) is 2.43. The monoisotopic (exact) mass is 259 g/mol. The number of hydrogen-bond donors (Lipinski definition) is 2. The fourth-order valence-corrected chi connectivity index (χ4v) is 1.40. The van der Waals surface area contributed by atoms with Crippen LogP contribution in [0.4, 0.5) is 5.95 Å². The molecule has 0 aliphatic rings. The number of hydrazone groups is 1. The highest BCUT2D eigenvalue weighted by atomic mass is 16.2. The summed E-state index contributed by atoms with van der Waals surface area (Å²) >= 11 is 0. The van der Waals surface area contributed by atoms with Crippen molar-refractivity contribution in [2.24, 2.45) is 5.10 Å². The number of benzene rings is 1. The van der Waals surface area contributed by atoms with Crippen LogP contribution in [0.1, 0.15) is 11.1 Å². The first-order valence-corrected chi connectivity index (χ1v) is 5.56. The molecule has 98 valence electrons. The van der Waals surface area contributed by atoms with E-state index in [1.54, 1.807) is 6.21 Å². The minimum absolute atomic E-state index is 0.0794. The van der Waals surface area contributed by atoms with E-state index in [2.05, 4.69) is 26.1 Å².